The fraction of sp³-hybridized carbons (Fsp3) is 0.174. The van der Waals surface area contributed by atoms with Crippen molar-refractivity contribution in [2.45, 2.75) is 19.6 Å². The highest BCUT2D eigenvalue weighted by Gasteiger charge is 2.11. The van der Waals surface area contributed by atoms with Crippen LogP contribution in [0.2, 0.25) is 0 Å². The monoisotopic (exact) mass is 417 g/mol. The highest BCUT2D eigenvalue weighted by molar-refractivity contribution is 7.85. The zero-order valence-corrected chi connectivity index (χ0v) is 17.6. The molecular weight excluding hydrogens is 395 g/mol. The van der Waals surface area contributed by atoms with E-state index in [1.807, 2.05) is 83.5 Å². The number of aryl methyl sites for hydroxylation is 1. The van der Waals surface area contributed by atoms with Crippen molar-refractivity contribution in [3.05, 3.63) is 72.6 Å². The SMILES string of the molecule is CP1C=Nc2ccc(-c3cc[n+](CCC(=O)OCc4ccccc4)cc3)nc2N=C1. The molecule has 1 atom stereocenters. The van der Waals surface area contributed by atoms with Gasteiger partial charge < -0.3 is 4.74 Å². The number of aromatic nitrogens is 2. The molecule has 1 unspecified atom stereocenters. The van der Waals surface area contributed by atoms with Crippen LogP contribution in [0, 0.1) is 0 Å². The Hall–Kier alpha value is -3.24. The van der Waals surface area contributed by atoms with Gasteiger partial charge in [-0.1, -0.05) is 30.3 Å². The van der Waals surface area contributed by atoms with Crippen LogP contribution in [0.4, 0.5) is 11.5 Å². The summed E-state index contributed by atoms with van der Waals surface area (Å²) in [6.07, 6.45) is 4.21. The fourth-order valence-corrected chi connectivity index (χ4v) is 3.59. The van der Waals surface area contributed by atoms with Gasteiger partial charge in [0.25, 0.3) is 0 Å². The molecule has 0 saturated carbocycles. The number of ether oxygens (including phenoxy) is 1. The number of rotatable bonds is 6. The third kappa shape index (κ3) is 5.22. The maximum atomic E-state index is 12.0. The van der Waals surface area contributed by atoms with Crippen molar-refractivity contribution < 1.29 is 14.1 Å². The van der Waals surface area contributed by atoms with Crippen LogP contribution in [0.25, 0.3) is 11.3 Å². The number of esters is 1. The molecule has 0 radical (unpaired) electrons. The molecule has 0 bridgehead atoms. The van der Waals surface area contributed by atoms with E-state index in [9.17, 15) is 4.79 Å². The molecule has 1 aromatic carbocycles. The minimum absolute atomic E-state index is 0.211. The maximum absolute atomic E-state index is 12.0. The van der Waals surface area contributed by atoms with Crippen LogP contribution in [0.15, 0.2) is 77.0 Å². The number of fused-ring (bicyclic) bond motifs is 1. The van der Waals surface area contributed by atoms with Crippen LogP contribution in [0.1, 0.15) is 12.0 Å². The summed E-state index contributed by atoms with van der Waals surface area (Å²) in [5, 5.41) is 0. The minimum Gasteiger partial charge on any atom is -0.461 e. The van der Waals surface area contributed by atoms with Crippen LogP contribution in [0.5, 0.6) is 0 Å². The van der Waals surface area contributed by atoms with Gasteiger partial charge in [-0.15, -0.1) is 0 Å². The van der Waals surface area contributed by atoms with Crippen molar-refractivity contribution in [3.63, 3.8) is 0 Å². The summed E-state index contributed by atoms with van der Waals surface area (Å²) in [5.41, 5.74) is 3.62. The quantitative estimate of drug-likeness (QED) is 0.334. The Morgan fingerprint density at radius 1 is 1.00 bits per heavy atom. The molecule has 0 N–H and O–H groups in total. The summed E-state index contributed by atoms with van der Waals surface area (Å²) < 4.78 is 7.29. The summed E-state index contributed by atoms with van der Waals surface area (Å²) in [5.74, 6) is 4.28. The third-order valence-corrected chi connectivity index (χ3v) is 5.56. The van der Waals surface area contributed by atoms with E-state index in [0.29, 0.717) is 25.4 Å². The number of carbonyl (C=O) groups is 1. The largest absolute Gasteiger partial charge is 0.461 e. The van der Waals surface area contributed by atoms with Crippen molar-refractivity contribution in [2.75, 3.05) is 6.66 Å². The Balaban J connectivity index is 1.35. The van der Waals surface area contributed by atoms with E-state index in [4.69, 9.17) is 4.74 Å². The maximum Gasteiger partial charge on any atom is 0.312 e. The van der Waals surface area contributed by atoms with Gasteiger partial charge in [-0.25, -0.2) is 14.5 Å². The highest BCUT2D eigenvalue weighted by Crippen LogP contribution is 2.35. The molecular formula is C23H22N4O2P+. The molecule has 0 fully saturated rings. The number of aliphatic imine (C=N–C) groups is 2. The third-order valence-electron chi connectivity index (χ3n) is 4.60. The zero-order chi connectivity index (χ0) is 20.8. The van der Waals surface area contributed by atoms with E-state index < -0.39 is 7.92 Å². The molecule has 0 amide bonds. The lowest BCUT2D eigenvalue weighted by molar-refractivity contribution is -0.695. The first-order valence-corrected chi connectivity index (χ1v) is 11.6. The van der Waals surface area contributed by atoms with Crippen LogP contribution in [0.3, 0.4) is 0 Å². The van der Waals surface area contributed by atoms with E-state index in [2.05, 4.69) is 21.6 Å². The molecule has 3 aromatic rings. The Labute approximate surface area is 176 Å². The molecule has 4 rings (SSSR count). The number of benzene rings is 1. The molecule has 1 aliphatic rings. The molecule has 3 heterocycles. The van der Waals surface area contributed by atoms with Gasteiger partial charge in [0.1, 0.15) is 18.7 Å². The number of hydrogen-bond donors (Lipinski definition) is 0. The average Bonchev–Trinajstić information content (AvgIpc) is 2.98. The number of nitrogens with zero attached hydrogens (tertiary/aromatic N) is 4. The molecule has 30 heavy (non-hydrogen) atoms. The second-order valence-electron chi connectivity index (χ2n) is 6.91. The van der Waals surface area contributed by atoms with Gasteiger partial charge in [-0.05, 0) is 32.3 Å². The first kappa shape index (κ1) is 20.0. The van der Waals surface area contributed by atoms with E-state index in [1.165, 1.54) is 0 Å². The molecule has 6 nitrogen and oxygen atoms in total. The van der Waals surface area contributed by atoms with E-state index in [-0.39, 0.29) is 5.97 Å². The van der Waals surface area contributed by atoms with Crippen molar-refractivity contribution >= 4 is 37.3 Å². The smallest absolute Gasteiger partial charge is 0.312 e. The Bertz CT molecular complexity index is 1080. The predicted octanol–water partition coefficient (Wildman–Crippen LogP) is 4.61. The second-order valence-corrected chi connectivity index (χ2v) is 8.71. The van der Waals surface area contributed by atoms with Gasteiger partial charge in [0.2, 0.25) is 0 Å². The summed E-state index contributed by atoms with van der Waals surface area (Å²) in [4.78, 5) is 25.6. The van der Waals surface area contributed by atoms with Crippen molar-refractivity contribution in [2.24, 2.45) is 9.98 Å². The normalized spacial score (nSPS) is 14.8. The highest BCUT2D eigenvalue weighted by atomic mass is 31.1. The van der Waals surface area contributed by atoms with Crippen molar-refractivity contribution in [1.82, 2.24) is 4.98 Å². The standard InChI is InChI=1S/C23H22N4O2P/c1-30-16-24-21-8-7-20(26-23(21)25-17-30)19-9-12-27(13-10-19)14-11-22(28)29-15-18-5-3-2-4-6-18/h2-10,12-13,16-17H,11,14-15H2,1H3/q+1. The van der Waals surface area contributed by atoms with Gasteiger partial charge in [0, 0.05) is 29.6 Å². The molecule has 0 spiro atoms. The molecule has 0 aliphatic carbocycles. The minimum atomic E-state index is -0.423. The summed E-state index contributed by atoms with van der Waals surface area (Å²) >= 11 is 0. The first-order chi connectivity index (χ1) is 14.7. The van der Waals surface area contributed by atoms with Gasteiger partial charge >= 0.3 is 5.97 Å². The number of pyridine rings is 2. The van der Waals surface area contributed by atoms with Crippen LogP contribution < -0.4 is 4.57 Å². The summed E-state index contributed by atoms with van der Waals surface area (Å²) in [6, 6.07) is 17.6. The zero-order valence-electron chi connectivity index (χ0n) is 16.7. The fourth-order valence-electron chi connectivity index (χ4n) is 2.93. The molecule has 7 heteroatoms. The molecule has 2 aromatic heterocycles. The Morgan fingerprint density at radius 3 is 2.57 bits per heavy atom. The predicted molar refractivity (Wildman–Crippen MR) is 120 cm³/mol. The topological polar surface area (TPSA) is 67.8 Å². The van der Waals surface area contributed by atoms with E-state index in [0.717, 1.165) is 22.5 Å². The first-order valence-electron chi connectivity index (χ1n) is 9.68. The molecule has 1 aliphatic heterocycles. The van der Waals surface area contributed by atoms with Crippen LogP contribution in [-0.4, -0.2) is 29.5 Å². The summed E-state index contributed by atoms with van der Waals surface area (Å²) in [7, 11) is -0.423. The van der Waals surface area contributed by atoms with E-state index >= 15 is 0 Å². The van der Waals surface area contributed by atoms with Crippen molar-refractivity contribution in [3.8, 4) is 11.3 Å². The van der Waals surface area contributed by atoms with Gasteiger partial charge in [0.05, 0.1) is 5.69 Å². The Kier molecular flexibility index (Phi) is 6.35. The average molecular weight is 417 g/mol. The van der Waals surface area contributed by atoms with Crippen LogP contribution >= 0.6 is 7.92 Å². The lowest BCUT2D eigenvalue weighted by Crippen LogP contribution is -2.34. The van der Waals surface area contributed by atoms with Crippen LogP contribution in [-0.2, 0) is 22.7 Å². The number of hydrogen-bond acceptors (Lipinski definition) is 5. The van der Waals surface area contributed by atoms with Gasteiger partial charge in [-0.3, -0.25) is 9.79 Å². The second kappa shape index (κ2) is 9.51. The molecule has 0 saturated heterocycles. The Morgan fingerprint density at radius 2 is 1.77 bits per heavy atom. The lowest BCUT2D eigenvalue weighted by Gasteiger charge is -2.05. The lowest BCUT2D eigenvalue weighted by atomic mass is 10.1. The summed E-state index contributed by atoms with van der Waals surface area (Å²) in [6.45, 7) is 2.97. The van der Waals surface area contributed by atoms with Crippen molar-refractivity contribution in [1.29, 1.82) is 0 Å². The van der Waals surface area contributed by atoms with Gasteiger partial charge in [0.15, 0.2) is 24.8 Å². The number of carbonyl (C=O) groups excluding carboxylic acids is 1. The van der Waals surface area contributed by atoms with E-state index in [1.54, 1.807) is 0 Å². The van der Waals surface area contributed by atoms with Gasteiger partial charge in [-0.2, -0.15) is 0 Å². The molecule has 150 valence electrons.